The van der Waals surface area contributed by atoms with Gasteiger partial charge in [0.05, 0.1) is 18.6 Å². The molecule has 198 valence electrons. The van der Waals surface area contributed by atoms with Gasteiger partial charge in [-0.1, -0.05) is 47.1 Å². The second-order valence-corrected chi connectivity index (χ2v) is 11.3. The first-order chi connectivity index (χ1) is 17.1. The number of nitrogens with zero attached hydrogens (tertiary/aromatic N) is 2. The number of hydrogen-bond acceptors (Lipinski definition) is 5. The number of ether oxygens (including phenoxy) is 1. The number of hydrogen-bond donors (Lipinski definition) is 1. The number of carbonyl (C=O) groups is 2. The predicted octanol–water partition coefficient (Wildman–Crippen LogP) is 4.34. The van der Waals surface area contributed by atoms with Crippen molar-refractivity contribution in [2.24, 2.45) is 0 Å². The van der Waals surface area contributed by atoms with E-state index < -0.39 is 16.1 Å². The van der Waals surface area contributed by atoms with E-state index in [9.17, 15) is 18.0 Å². The zero-order chi connectivity index (χ0) is 26.7. The summed E-state index contributed by atoms with van der Waals surface area (Å²) in [5.41, 5.74) is 1.33. The number of anilines is 1. The molecular weight excluding hydrogens is 546 g/mol. The molecule has 2 rings (SSSR count). The molecule has 0 aliphatic rings. The molecule has 2 aromatic carbocycles. The van der Waals surface area contributed by atoms with Crippen LogP contribution >= 0.6 is 15.9 Å². The van der Waals surface area contributed by atoms with Crippen LogP contribution in [0.4, 0.5) is 5.69 Å². The molecule has 0 radical (unpaired) electrons. The maximum Gasteiger partial charge on any atom is 0.242 e. The first-order valence-electron chi connectivity index (χ1n) is 12.1. The summed E-state index contributed by atoms with van der Waals surface area (Å²) in [5, 5.41) is 2.85. The molecule has 36 heavy (non-hydrogen) atoms. The molecule has 8 nitrogen and oxygen atoms in total. The average Bonchev–Trinajstić information content (AvgIpc) is 2.84. The largest absolute Gasteiger partial charge is 0.492 e. The third kappa shape index (κ3) is 8.81. The molecule has 0 saturated carbocycles. The molecule has 0 heterocycles. The third-order valence-electron chi connectivity index (χ3n) is 5.57. The Morgan fingerprint density at radius 2 is 1.75 bits per heavy atom. The van der Waals surface area contributed by atoms with E-state index in [-0.39, 0.29) is 37.7 Å². The maximum absolute atomic E-state index is 13.3. The van der Waals surface area contributed by atoms with E-state index in [2.05, 4.69) is 21.2 Å². The van der Waals surface area contributed by atoms with Crippen LogP contribution in [-0.4, -0.2) is 57.1 Å². The molecule has 0 saturated heterocycles. The Hall–Kier alpha value is -2.59. The van der Waals surface area contributed by atoms with Gasteiger partial charge in [0.1, 0.15) is 11.8 Å². The summed E-state index contributed by atoms with van der Waals surface area (Å²) >= 11 is 3.41. The Kier molecular flexibility index (Phi) is 11.7. The highest BCUT2D eigenvalue weighted by Crippen LogP contribution is 2.30. The topological polar surface area (TPSA) is 96.0 Å². The Morgan fingerprint density at radius 3 is 2.36 bits per heavy atom. The average molecular weight is 583 g/mol. The van der Waals surface area contributed by atoms with E-state index in [0.717, 1.165) is 22.7 Å². The minimum Gasteiger partial charge on any atom is -0.492 e. The summed E-state index contributed by atoms with van der Waals surface area (Å²) in [6.07, 6.45) is 2.30. The summed E-state index contributed by atoms with van der Waals surface area (Å²) in [6, 6.07) is 13.8. The van der Waals surface area contributed by atoms with E-state index in [4.69, 9.17) is 4.74 Å². The second kappa shape index (κ2) is 14.2. The minimum atomic E-state index is -3.61. The zero-order valence-electron chi connectivity index (χ0n) is 21.4. The van der Waals surface area contributed by atoms with Gasteiger partial charge in [-0.05, 0) is 56.5 Å². The van der Waals surface area contributed by atoms with Crippen LogP contribution in [0.15, 0.2) is 53.0 Å². The molecule has 1 atom stereocenters. The summed E-state index contributed by atoms with van der Waals surface area (Å²) in [4.78, 5) is 27.5. The maximum atomic E-state index is 13.3. The van der Waals surface area contributed by atoms with Gasteiger partial charge in [-0.25, -0.2) is 8.42 Å². The molecule has 2 amide bonds. The lowest BCUT2D eigenvalue weighted by Gasteiger charge is -2.29. The molecule has 2 aromatic rings. The van der Waals surface area contributed by atoms with E-state index in [1.807, 2.05) is 38.1 Å². The standard InChI is InChI=1S/C26H36BrN3O5S/c1-5-17-28-26(32)20(3)29(19-21-13-15-22(27)16-14-21)25(31)12-9-18-30(36(4,33)34)23-10-7-8-11-24(23)35-6-2/h7-8,10-11,13-16,20H,5-6,9,12,17-19H2,1-4H3,(H,28,32). The van der Waals surface area contributed by atoms with Crippen molar-refractivity contribution < 1.29 is 22.7 Å². The Bertz CT molecular complexity index is 1110. The number of rotatable bonds is 14. The highest BCUT2D eigenvalue weighted by molar-refractivity contribution is 9.10. The summed E-state index contributed by atoms with van der Waals surface area (Å²) in [5.74, 6) is 0.0316. The number of carbonyl (C=O) groups excluding carboxylic acids is 2. The molecule has 0 bridgehead atoms. The molecule has 0 aliphatic carbocycles. The van der Waals surface area contributed by atoms with Crippen molar-refractivity contribution in [3.63, 3.8) is 0 Å². The molecule has 0 aliphatic heterocycles. The zero-order valence-corrected chi connectivity index (χ0v) is 23.8. The monoisotopic (exact) mass is 581 g/mol. The van der Waals surface area contributed by atoms with Gasteiger partial charge in [0, 0.05) is 30.5 Å². The number of para-hydroxylation sites is 2. The van der Waals surface area contributed by atoms with Crippen LogP contribution in [0.5, 0.6) is 5.75 Å². The number of halogens is 1. The molecule has 0 spiro atoms. The highest BCUT2D eigenvalue weighted by atomic mass is 79.9. The van der Waals surface area contributed by atoms with Crippen LogP contribution in [0.2, 0.25) is 0 Å². The predicted molar refractivity (Wildman–Crippen MR) is 146 cm³/mol. The van der Waals surface area contributed by atoms with E-state index >= 15 is 0 Å². The van der Waals surface area contributed by atoms with Crippen LogP contribution in [0, 0.1) is 0 Å². The summed E-state index contributed by atoms with van der Waals surface area (Å²) in [7, 11) is -3.61. The van der Waals surface area contributed by atoms with Gasteiger partial charge in [-0.2, -0.15) is 0 Å². The van der Waals surface area contributed by atoms with Crippen molar-refractivity contribution in [2.75, 3.05) is 30.3 Å². The van der Waals surface area contributed by atoms with Gasteiger partial charge in [0.2, 0.25) is 21.8 Å². The molecule has 10 heteroatoms. The van der Waals surface area contributed by atoms with Crippen LogP contribution in [-0.2, 0) is 26.2 Å². The lowest BCUT2D eigenvalue weighted by molar-refractivity contribution is -0.140. The number of sulfonamides is 1. The van der Waals surface area contributed by atoms with Crippen molar-refractivity contribution in [1.29, 1.82) is 0 Å². The Balaban J connectivity index is 2.18. The summed E-state index contributed by atoms with van der Waals surface area (Å²) < 4.78 is 33.0. The van der Waals surface area contributed by atoms with Gasteiger partial charge < -0.3 is 15.0 Å². The van der Waals surface area contributed by atoms with E-state index in [0.29, 0.717) is 24.6 Å². The second-order valence-electron chi connectivity index (χ2n) is 8.45. The van der Waals surface area contributed by atoms with Crippen LogP contribution in [0.1, 0.15) is 45.6 Å². The van der Waals surface area contributed by atoms with Crippen molar-refractivity contribution >= 4 is 43.5 Å². The van der Waals surface area contributed by atoms with Gasteiger partial charge in [-0.3, -0.25) is 13.9 Å². The molecule has 0 aromatic heterocycles. The van der Waals surface area contributed by atoms with E-state index in [1.54, 1.807) is 36.1 Å². The van der Waals surface area contributed by atoms with Crippen molar-refractivity contribution in [1.82, 2.24) is 10.2 Å². The van der Waals surface area contributed by atoms with Crippen molar-refractivity contribution in [3.8, 4) is 5.75 Å². The fraction of sp³-hybridized carbons (Fsp3) is 0.462. The first-order valence-corrected chi connectivity index (χ1v) is 14.7. The third-order valence-corrected chi connectivity index (χ3v) is 7.28. The van der Waals surface area contributed by atoms with Gasteiger partial charge in [0.25, 0.3) is 0 Å². The smallest absolute Gasteiger partial charge is 0.242 e. The fourth-order valence-electron chi connectivity index (χ4n) is 3.69. The Labute approximate surface area is 223 Å². The Morgan fingerprint density at radius 1 is 1.08 bits per heavy atom. The first kappa shape index (κ1) is 29.6. The van der Waals surface area contributed by atoms with Crippen LogP contribution in [0.3, 0.4) is 0 Å². The van der Waals surface area contributed by atoms with Gasteiger partial charge >= 0.3 is 0 Å². The summed E-state index contributed by atoms with van der Waals surface area (Å²) in [6.45, 7) is 6.82. The number of amides is 2. The van der Waals surface area contributed by atoms with E-state index in [1.165, 1.54) is 4.31 Å². The molecule has 1 N–H and O–H groups in total. The number of benzene rings is 2. The van der Waals surface area contributed by atoms with Crippen molar-refractivity contribution in [3.05, 3.63) is 58.6 Å². The molecule has 0 fully saturated rings. The minimum absolute atomic E-state index is 0.0880. The lowest BCUT2D eigenvalue weighted by atomic mass is 10.1. The van der Waals surface area contributed by atoms with Crippen LogP contribution < -0.4 is 14.4 Å². The lowest BCUT2D eigenvalue weighted by Crippen LogP contribution is -2.47. The van der Waals surface area contributed by atoms with Crippen molar-refractivity contribution in [2.45, 2.75) is 52.6 Å². The molecule has 1 unspecified atom stereocenters. The fourth-order valence-corrected chi connectivity index (χ4v) is 4.92. The quantitative estimate of drug-likeness (QED) is 0.358. The van der Waals surface area contributed by atoms with Gasteiger partial charge in [-0.15, -0.1) is 0 Å². The van der Waals surface area contributed by atoms with Gasteiger partial charge in [0.15, 0.2) is 0 Å². The SMILES string of the molecule is CCCNC(=O)C(C)N(Cc1ccc(Br)cc1)C(=O)CCCN(c1ccccc1OCC)S(C)(=O)=O. The normalized spacial score (nSPS) is 12.0. The highest BCUT2D eigenvalue weighted by Gasteiger charge is 2.27. The molecular formula is C26H36BrN3O5S. The number of nitrogens with one attached hydrogen (secondary N) is 1. The van der Waals surface area contributed by atoms with Crippen LogP contribution in [0.25, 0.3) is 0 Å².